The molecule has 0 aliphatic heterocycles. The fourth-order valence-corrected chi connectivity index (χ4v) is 2.05. The summed E-state index contributed by atoms with van der Waals surface area (Å²) in [5.41, 5.74) is 0. The highest BCUT2D eigenvalue weighted by Gasteiger charge is 2.05. The van der Waals surface area contributed by atoms with Crippen LogP contribution in [-0.2, 0) is 0 Å². The SMILES string of the molecule is CCC(CC)CC[N]CCC(CC)CC. The van der Waals surface area contributed by atoms with Gasteiger partial charge in [-0.05, 0) is 24.7 Å². The summed E-state index contributed by atoms with van der Waals surface area (Å²) in [4.78, 5) is 0. The normalized spacial score (nSPS) is 11.6. The Morgan fingerprint density at radius 2 is 1.00 bits per heavy atom. The van der Waals surface area contributed by atoms with E-state index in [1.807, 2.05) is 0 Å². The Labute approximate surface area is 97.0 Å². The molecular formula is C14H30N. The summed E-state index contributed by atoms with van der Waals surface area (Å²) in [5.74, 6) is 1.81. The predicted octanol–water partition coefficient (Wildman–Crippen LogP) is 4.24. The summed E-state index contributed by atoms with van der Waals surface area (Å²) in [6.45, 7) is 11.3. The second kappa shape index (κ2) is 10.5. The molecule has 0 saturated carbocycles. The zero-order valence-corrected chi connectivity index (χ0v) is 11.3. The molecule has 0 aromatic heterocycles. The largest absolute Gasteiger partial charge is 0.242 e. The van der Waals surface area contributed by atoms with Crippen molar-refractivity contribution in [1.82, 2.24) is 5.32 Å². The molecule has 15 heavy (non-hydrogen) atoms. The van der Waals surface area contributed by atoms with Crippen LogP contribution in [0, 0.1) is 11.8 Å². The third-order valence-corrected chi connectivity index (χ3v) is 3.70. The molecule has 0 rings (SSSR count). The average molecular weight is 212 g/mol. The molecule has 0 heterocycles. The molecule has 1 heteroatoms. The van der Waals surface area contributed by atoms with Crippen molar-refractivity contribution in [3.8, 4) is 0 Å². The fraction of sp³-hybridized carbons (Fsp3) is 1.00. The van der Waals surface area contributed by atoms with Gasteiger partial charge in [-0.1, -0.05) is 53.4 Å². The molecule has 91 valence electrons. The van der Waals surface area contributed by atoms with Gasteiger partial charge in [0.25, 0.3) is 0 Å². The minimum atomic E-state index is 0.905. The molecule has 1 nitrogen and oxygen atoms in total. The Morgan fingerprint density at radius 1 is 0.667 bits per heavy atom. The Kier molecular flexibility index (Phi) is 10.4. The minimum Gasteiger partial charge on any atom is -0.242 e. The molecule has 0 aliphatic rings. The van der Waals surface area contributed by atoms with Gasteiger partial charge in [-0.15, -0.1) is 0 Å². The van der Waals surface area contributed by atoms with E-state index in [1.165, 1.54) is 38.5 Å². The molecule has 0 spiro atoms. The topological polar surface area (TPSA) is 14.1 Å². The zero-order chi connectivity index (χ0) is 11.5. The lowest BCUT2D eigenvalue weighted by Crippen LogP contribution is -2.14. The zero-order valence-electron chi connectivity index (χ0n) is 11.3. The highest BCUT2D eigenvalue weighted by atomic mass is 14.8. The van der Waals surface area contributed by atoms with E-state index in [4.69, 9.17) is 0 Å². The quantitative estimate of drug-likeness (QED) is 0.481. The van der Waals surface area contributed by atoms with Gasteiger partial charge in [0.05, 0.1) is 0 Å². The first-order valence-electron chi connectivity index (χ1n) is 6.91. The van der Waals surface area contributed by atoms with E-state index in [0.717, 1.165) is 24.9 Å². The van der Waals surface area contributed by atoms with Crippen molar-refractivity contribution in [3.63, 3.8) is 0 Å². The van der Waals surface area contributed by atoms with Crippen molar-refractivity contribution < 1.29 is 0 Å². The molecule has 0 unspecified atom stereocenters. The van der Waals surface area contributed by atoms with E-state index < -0.39 is 0 Å². The maximum absolute atomic E-state index is 4.64. The number of nitrogens with zero attached hydrogens (tertiary/aromatic N) is 1. The molecule has 0 aliphatic carbocycles. The monoisotopic (exact) mass is 212 g/mol. The standard InChI is InChI=1S/C14H30N/c1-5-13(6-2)9-11-15-12-10-14(7-3)8-4/h13-14H,5-12H2,1-4H3. The highest BCUT2D eigenvalue weighted by molar-refractivity contribution is 4.60. The van der Waals surface area contributed by atoms with E-state index in [0.29, 0.717) is 0 Å². The van der Waals surface area contributed by atoms with Gasteiger partial charge in [0.1, 0.15) is 0 Å². The summed E-state index contributed by atoms with van der Waals surface area (Å²) in [7, 11) is 0. The molecular weight excluding hydrogens is 182 g/mol. The van der Waals surface area contributed by atoms with Crippen molar-refractivity contribution >= 4 is 0 Å². The van der Waals surface area contributed by atoms with E-state index in [1.54, 1.807) is 0 Å². The first-order chi connectivity index (χ1) is 7.28. The number of hydrogen-bond acceptors (Lipinski definition) is 0. The third kappa shape index (κ3) is 7.84. The minimum absolute atomic E-state index is 0.905. The van der Waals surface area contributed by atoms with Crippen LogP contribution in [0.3, 0.4) is 0 Å². The molecule has 1 radical (unpaired) electrons. The Bertz CT molecular complexity index is 101. The first-order valence-corrected chi connectivity index (χ1v) is 6.91. The molecule has 0 bridgehead atoms. The molecule has 0 amide bonds. The Morgan fingerprint density at radius 3 is 1.27 bits per heavy atom. The highest BCUT2D eigenvalue weighted by Crippen LogP contribution is 2.13. The van der Waals surface area contributed by atoms with E-state index in [-0.39, 0.29) is 0 Å². The molecule has 0 atom stereocenters. The lowest BCUT2D eigenvalue weighted by molar-refractivity contribution is 0.406. The predicted molar refractivity (Wildman–Crippen MR) is 69.2 cm³/mol. The van der Waals surface area contributed by atoms with Crippen molar-refractivity contribution in [2.45, 2.75) is 66.2 Å². The van der Waals surface area contributed by atoms with Crippen molar-refractivity contribution in [2.24, 2.45) is 11.8 Å². The van der Waals surface area contributed by atoms with Gasteiger partial charge in [-0.3, -0.25) is 0 Å². The lowest BCUT2D eigenvalue weighted by Gasteiger charge is -2.13. The molecule has 0 aromatic rings. The molecule has 0 fully saturated rings. The second-order valence-electron chi connectivity index (χ2n) is 4.61. The van der Waals surface area contributed by atoms with Crippen LogP contribution >= 0.6 is 0 Å². The van der Waals surface area contributed by atoms with Crippen molar-refractivity contribution in [2.75, 3.05) is 13.1 Å². The molecule has 0 N–H and O–H groups in total. The van der Waals surface area contributed by atoms with Gasteiger partial charge < -0.3 is 0 Å². The van der Waals surface area contributed by atoms with Crippen molar-refractivity contribution in [3.05, 3.63) is 0 Å². The van der Waals surface area contributed by atoms with Crippen LogP contribution in [0.1, 0.15) is 66.2 Å². The Balaban J connectivity index is 3.30. The van der Waals surface area contributed by atoms with E-state index in [2.05, 4.69) is 33.0 Å². The summed E-state index contributed by atoms with van der Waals surface area (Å²) in [6.07, 6.45) is 7.88. The summed E-state index contributed by atoms with van der Waals surface area (Å²) < 4.78 is 0. The molecule has 0 aromatic carbocycles. The maximum Gasteiger partial charge on any atom is 0.0136 e. The summed E-state index contributed by atoms with van der Waals surface area (Å²) in [6, 6.07) is 0. The first kappa shape index (κ1) is 15.0. The summed E-state index contributed by atoms with van der Waals surface area (Å²) in [5, 5.41) is 4.64. The molecule has 0 saturated heterocycles. The number of rotatable bonds is 10. The van der Waals surface area contributed by atoms with E-state index >= 15 is 0 Å². The Hall–Kier alpha value is -0.0400. The van der Waals surface area contributed by atoms with Gasteiger partial charge in [0, 0.05) is 13.1 Å². The van der Waals surface area contributed by atoms with Gasteiger partial charge >= 0.3 is 0 Å². The van der Waals surface area contributed by atoms with Gasteiger partial charge in [-0.25, -0.2) is 5.32 Å². The smallest absolute Gasteiger partial charge is 0.0136 e. The maximum atomic E-state index is 4.64. The fourth-order valence-electron chi connectivity index (χ4n) is 2.05. The van der Waals surface area contributed by atoms with E-state index in [9.17, 15) is 0 Å². The van der Waals surface area contributed by atoms with Crippen LogP contribution < -0.4 is 5.32 Å². The van der Waals surface area contributed by atoms with Crippen LogP contribution in [0.2, 0.25) is 0 Å². The summed E-state index contributed by atoms with van der Waals surface area (Å²) >= 11 is 0. The lowest BCUT2D eigenvalue weighted by atomic mass is 9.98. The van der Waals surface area contributed by atoms with Gasteiger partial charge in [-0.2, -0.15) is 0 Å². The van der Waals surface area contributed by atoms with Crippen LogP contribution in [0.5, 0.6) is 0 Å². The van der Waals surface area contributed by atoms with Crippen LogP contribution in [0.25, 0.3) is 0 Å². The van der Waals surface area contributed by atoms with Crippen molar-refractivity contribution in [1.29, 1.82) is 0 Å². The third-order valence-electron chi connectivity index (χ3n) is 3.70. The average Bonchev–Trinajstić information content (AvgIpc) is 2.29. The van der Waals surface area contributed by atoms with Crippen LogP contribution in [0.15, 0.2) is 0 Å². The second-order valence-corrected chi connectivity index (χ2v) is 4.61. The van der Waals surface area contributed by atoms with Gasteiger partial charge in [0.15, 0.2) is 0 Å². The van der Waals surface area contributed by atoms with Crippen LogP contribution in [0.4, 0.5) is 0 Å². The number of hydrogen-bond donors (Lipinski definition) is 0. The van der Waals surface area contributed by atoms with Crippen LogP contribution in [-0.4, -0.2) is 13.1 Å². The van der Waals surface area contributed by atoms with Gasteiger partial charge in [0.2, 0.25) is 0 Å².